The number of rotatable bonds is 2. The first kappa shape index (κ1) is 13.6. The molecule has 1 heterocycles. The van der Waals surface area contributed by atoms with Crippen molar-refractivity contribution in [3.05, 3.63) is 34.9 Å². The number of benzene rings is 1. The predicted molar refractivity (Wildman–Crippen MR) is 72.2 cm³/mol. The molecule has 0 bridgehead atoms. The Kier molecular flexibility index (Phi) is 3.35. The standard InChI is InChI=1S/C15H19NO3/c1-10-4-5-12(11(2)8-10)13(17)16-7-6-15(3,9-16)14(18)19/h4-5,8H,6-7,9H2,1-3H3,(H,18,19). The molecule has 0 aliphatic carbocycles. The summed E-state index contributed by atoms with van der Waals surface area (Å²) in [4.78, 5) is 25.3. The van der Waals surface area contributed by atoms with Crippen molar-refractivity contribution in [1.82, 2.24) is 4.90 Å². The normalized spacial score (nSPS) is 22.6. The minimum Gasteiger partial charge on any atom is -0.481 e. The second-order valence-corrected chi connectivity index (χ2v) is 5.66. The van der Waals surface area contributed by atoms with E-state index in [1.807, 2.05) is 32.0 Å². The van der Waals surface area contributed by atoms with Gasteiger partial charge in [0.1, 0.15) is 0 Å². The van der Waals surface area contributed by atoms with Crippen LogP contribution in [0, 0.1) is 19.3 Å². The summed E-state index contributed by atoms with van der Waals surface area (Å²) in [6, 6.07) is 5.70. The molecule has 2 rings (SSSR count). The number of carbonyl (C=O) groups excluding carboxylic acids is 1. The van der Waals surface area contributed by atoms with E-state index < -0.39 is 11.4 Å². The van der Waals surface area contributed by atoms with Crippen molar-refractivity contribution in [1.29, 1.82) is 0 Å². The van der Waals surface area contributed by atoms with Crippen molar-refractivity contribution in [3.8, 4) is 0 Å². The Hall–Kier alpha value is -1.84. The number of amides is 1. The van der Waals surface area contributed by atoms with Crippen molar-refractivity contribution >= 4 is 11.9 Å². The molecule has 1 aromatic carbocycles. The van der Waals surface area contributed by atoms with E-state index in [1.165, 1.54) is 0 Å². The fraction of sp³-hybridized carbons (Fsp3) is 0.467. The number of aryl methyl sites for hydroxylation is 2. The Morgan fingerprint density at radius 2 is 2.00 bits per heavy atom. The van der Waals surface area contributed by atoms with Crippen LogP contribution in [0.2, 0.25) is 0 Å². The lowest BCUT2D eigenvalue weighted by atomic mass is 9.90. The first-order chi connectivity index (χ1) is 8.83. The summed E-state index contributed by atoms with van der Waals surface area (Å²) in [6.45, 7) is 6.39. The Labute approximate surface area is 113 Å². The molecule has 1 atom stereocenters. The molecule has 0 radical (unpaired) electrons. The maximum Gasteiger partial charge on any atom is 0.311 e. The quantitative estimate of drug-likeness (QED) is 0.888. The van der Waals surface area contributed by atoms with Gasteiger partial charge in [-0.15, -0.1) is 0 Å². The van der Waals surface area contributed by atoms with Crippen molar-refractivity contribution in [2.45, 2.75) is 27.2 Å². The van der Waals surface area contributed by atoms with E-state index >= 15 is 0 Å². The molecule has 1 aromatic rings. The number of aliphatic carboxylic acids is 1. The van der Waals surface area contributed by atoms with Crippen LogP contribution in [0.5, 0.6) is 0 Å². The zero-order valence-corrected chi connectivity index (χ0v) is 11.6. The molecule has 0 spiro atoms. The highest BCUT2D eigenvalue weighted by Gasteiger charge is 2.42. The number of nitrogens with zero attached hydrogens (tertiary/aromatic N) is 1. The number of carboxylic acids is 1. The molecule has 1 fully saturated rings. The van der Waals surface area contributed by atoms with Crippen LogP contribution in [0.3, 0.4) is 0 Å². The lowest BCUT2D eigenvalue weighted by Gasteiger charge is -2.21. The van der Waals surface area contributed by atoms with Gasteiger partial charge in [-0.25, -0.2) is 0 Å². The van der Waals surface area contributed by atoms with Crippen LogP contribution in [-0.2, 0) is 4.79 Å². The smallest absolute Gasteiger partial charge is 0.311 e. The molecule has 1 amide bonds. The molecule has 0 saturated carbocycles. The van der Waals surface area contributed by atoms with Crippen LogP contribution in [-0.4, -0.2) is 35.0 Å². The van der Waals surface area contributed by atoms with E-state index in [0.29, 0.717) is 18.5 Å². The number of likely N-dealkylation sites (tertiary alicyclic amines) is 1. The minimum atomic E-state index is -0.830. The van der Waals surface area contributed by atoms with Gasteiger partial charge in [0.05, 0.1) is 5.41 Å². The highest BCUT2D eigenvalue weighted by atomic mass is 16.4. The molecule has 1 aliphatic heterocycles. The second-order valence-electron chi connectivity index (χ2n) is 5.66. The average Bonchev–Trinajstić information content (AvgIpc) is 2.73. The Morgan fingerprint density at radius 3 is 2.53 bits per heavy atom. The molecule has 19 heavy (non-hydrogen) atoms. The molecule has 1 aliphatic rings. The monoisotopic (exact) mass is 261 g/mol. The van der Waals surface area contributed by atoms with Crippen LogP contribution in [0.15, 0.2) is 18.2 Å². The van der Waals surface area contributed by atoms with Gasteiger partial charge in [-0.1, -0.05) is 17.7 Å². The van der Waals surface area contributed by atoms with Gasteiger partial charge in [-0.05, 0) is 38.8 Å². The molecule has 4 nitrogen and oxygen atoms in total. The first-order valence-electron chi connectivity index (χ1n) is 6.43. The number of carbonyl (C=O) groups is 2. The van der Waals surface area contributed by atoms with E-state index in [4.69, 9.17) is 0 Å². The number of hydrogen-bond donors (Lipinski definition) is 1. The largest absolute Gasteiger partial charge is 0.481 e. The van der Waals surface area contributed by atoms with Gasteiger partial charge in [0.2, 0.25) is 0 Å². The third-order valence-electron chi connectivity index (χ3n) is 3.89. The summed E-state index contributed by atoms with van der Waals surface area (Å²) in [5.74, 6) is -0.897. The van der Waals surface area contributed by atoms with E-state index in [2.05, 4.69) is 0 Å². The zero-order valence-electron chi connectivity index (χ0n) is 11.6. The van der Waals surface area contributed by atoms with E-state index in [-0.39, 0.29) is 12.5 Å². The van der Waals surface area contributed by atoms with Gasteiger partial charge in [-0.3, -0.25) is 9.59 Å². The molecule has 102 valence electrons. The van der Waals surface area contributed by atoms with Crippen molar-refractivity contribution in [2.24, 2.45) is 5.41 Å². The predicted octanol–water partition coefficient (Wildman–Crippen LogP) is 2.24. The minimum absolute atomic E-state index is 0.0672. The maximum atomic E-state index is 12.4. The van der Waals surface area contributed by atoms with Crippen molar-refractivity contribution < 1.29 is 14.7 Å². The van der Waals surface area contributed by atoms with E-state index in [9.17, 15) is 14.7 Å². The molecule has 4 heteroatoms. The van der Waals surface area contributed by atoms with Crippen LogP contribution in [0.4, 0.5) is 0 Å². The molecular formula is C15H19NO3. The van der Waals surface area contributed by atoms with Gasteiger partial charge in [-0.2, -0.15) is 0 Å². The van der Waals surface area contributed by atoms with Gasteiger partial charge < -0.3 is 10.0 Å². The van der Waals surface area contributed by atoms with Crippen molar-refractivity contribution in [3.63, 3.8) is 0 Å². The Balaban J connectivity index is 2.20. The topological polar surface area (TPSA) is 57.6 Å². The fourth-order valence-corrected chi connectivity index (χ4v) is 2.53. The third kappa shape index (κ3) is 2.48. The second kappa shape index (κ2) is 4.68. The summed E-state index contributed by atoms with van der Waals surface area (Å²) in [5, 5.41) is 9.20. The summed E-state index contributed by atoms with van der Waals surface area (Å²) >= 11 is 0. The summed E-state index contributed by atoms with van der Waals surface area (Å²) < 4.78 is 0. The lowest BCUT2D eigenvalue weighted by molar-refractivity contribution is -0.147. The van der Waals surface area contributed by atoms with Crippen molar-refractivity contribution in [2.75, 3.05) is 13.1 Å². The highest BCUT2D eigenvalue weighted by Crippen LogP contribution is 2.31. The Morgan fingerprint density at radius 1 is 1.32 bits per heavy atom. The molecule has 1 N–H and O–H groups in total. The van der Waals surface area contributed by atoms with Gasteiger partial charge in [0.15, 0.2) is 0 Å². The molecule has 0 aromatic heterocycles. The maximum absolute atomic E-state index is 12.4. The highest BCUT2D eigenvalue weighted by molar-refractivity contribution is 5.96. The van der Waals surface area contributed by atoms with Gasteiger partial charge in [0.25, 0.3) is 5.91 Å². The van der Waals surface area contributed by atoms with E-state index in [1.54, 1.807) is 11.8 Å². The average molecular weight is 261 g/mol. The van der Waals surface area contributed by atoms with Crippen LogP contribution < -0.4 is 0 Å². The number of carboxylic acid groups (broad SMARTS) is 1. The fourth-order valence-electron chi connectivity index (χ4n) is 2.53. The molecular weight excluding hydrogens is 242 g/mol. The SMILES string of the molecule is Cc1ccc(C(=O)N2CCC(C)(C(=O)O)C2)c(C)c1. The van der Waals surface area contributed by atoms with Crippen LogP contribution in [0.1, 0.15) is 34.8 Å². The summed E-state index contributed by atoms with van der Waals surface area (Å²) in [6.07, 6.45) is 0.513. The molecule has 1 unspecified atom stereocenters. The van der Waals surface area contributed by atoms with Gasteiger partial charge >= 0.3 is 5.97 Å². The lowest BCUT2D eigenvalue weighted by Crippen LogP contribution is -2.35. The first-order valence-corrected chi connectivity index (χ1v) is 6.43. The zero-order chi connectivity index (χ0) is 14.2. The van der Waals surface area contributed by atoms with Crippen LogP contribution in [0.25, 0.3) is 0 Å². The summed E-state index contributed by atoms with van der Waals surface area (Å²) in [5.41, 5.74) is 1.91. The third-order valence-corrected chi connectivity index (χ3v) is 3.89. The summed E-state index contributed by atoms with van der Waals surface area (Å²) in [7, 11) is 0. The molecule has 1 saturated heterocycles. The van der Waals surface area contributed by atoms with E-state index in [0.717, 1.165) is 11.1 Å². The number of hydrogen-bond acceptors (Lipinski definition) is 2. The van der Waals surface area contributed by atoms with Gasteiger partial charge in [0, 0.05) is 18.7 Å². The van der Waals surface area contributed by atoms with Crippen LogP contribution >= 0.6 is 0 Å². The Bertz CT molecular complexity index is 538.